The van der Waals surface area contributed by atoms with Crippen LogP contribution in [-0.2, 0) is 6.42 Å². The molecule has 0 unspecified atom stereocenters. The van der Waals surface area contributed by atoms with Gasteiger partial charge in [-0.15, -0.1) is 0 Å². The molecule has 0 saturated carbocycles. The van der Waals surface area contributed by atoms with Crippen molar-refractivity contribution in [3.05, 3.63) is 259 Å². The van der Waals surface area contributed by atoms with Crippen LogP contribution in [-0.4, -0.2) is 0 Å². The van der Waals surface area contributed by atoms with Gasteiger partial charge in [-0.05, 0) is 174 Å². The lowest BCUT2D eigenvalue weighted by atomic mass is 9.85. The van der Waals surface area contributed by atoms with Gasteiger partial charge in [0.15, 0.2) is 0 Å². The van der Waals surface area contributed by atoms with Gasteiger partial charge in [-0.1, -0.05) is 182 Å². The minimum Gasteiger partial charge on any atom is -0.318 e. The van der Waals surface area contributed by atoms with Crippen molar-refractivity contribution in [1.29, 1.82) is 0 Å². The van der Waals surface area contributed by atoms with Crippen LogP contribution in [0.3, 0.4) is 0 Å². The quantitative estimate of drug-likeness (QED) is 0.140. The van der Waals surface area contributed by atoms with E-state index in [1.165, 1.54) is 104 Å². The summed E-state index contributed by atoms with van der Waals surface area (Å²) in [5.41, 5.74) is 14.9. The molecule has 322 valence electrons. The zero-order valence-electron chi connectivity index (χ0n) is 37.8. The molecular weight excluding hydrogens is 821 g/mol. The molecule has 68 heavy (non-hydrogen) atoms. The summed E-state index contributed by atoms with van der Waals surface area (Å²) in [4.78, 5) is 4.91. The van der Waals surface area contributed by atoms with Crippen LogP contribution in [0.15, 0.2) is 248 Å². The normalized spacial score (nSPS) is 13.5. The van der Waals surface area contributed by atoms with E-state index >= 15 is 0 Å². The molecule has 0 atom stereocenters. The molecule has 0 aromatic heterocycles. The van der Waals surface area contributed by atoms with Crippen molar-refractivity contribution in [2.75, 3.05) is 9.80 Å². The van der Waals surface area contributed by atoms with Crippen molar-refractivity contribution < 1.29 is 0 Å². The summed E-state index contributed by atoms with van der Waals surface area (Å²) in [6, 6.07) is 80.4. The summed E-state index contributed by atoms with van der Waals surface area (Å²) in [6.45, 7) is 0. The molecule has 0 saturated heterocycles. The second-order valence-electron chi connectivity index (χ2n) is 18.2. The van der Waals surface area contributed by atoms with Gasteiger partial charge in [0.25, 0.3) is 0 Å². The first-order valence-corrected chi connectivity index (χ1v) is 24.0. The van der Waals surface area contributed by atoms with E-state index in [-0.39, 0.29) is 0 Å². The molecule has 2 aliphatic carbocycles. The predicted molar refractivity (Wildman–Crippen MR) is 291 cm³/mol. The zero-order valence-corrected chi connectivity index (χ0v) is 37.8. The number of hydrogen-bond donors (Lipinski definition) is 0. The van der Waals surface area contributed by atoms with Gasteiger partial charge in [0, 0.05) is 34.1 Å². The van der Waals surface area contributed by atoms with Crippen LogP contribution in [0.25, 0.3) is 82.2 Å². The smallest absolute Gasteiger partial charge is 0.0468 e. The Morgan fingerprint density at radius 1 is 0.294 bits per heavy atom. The summed E-state index contributed by atoms with van der Waals surface area (Å²) in [7, 11) is 0. The zero-order chi connectivity index (χ0) is 45.0. The first kappa shape index (κ1) is 39.9. The van der Waals surface area contributed by atoms with E-state index < -0.39 is 0 Å². The number of hydrogen-bond acceptors (Lipinski definition) is 2. The number of aryl methyl sites for hydroxylation is 1. The second-order valence-corrected chi connectivity index (χ2v) is 18.2. The lowest BCUT2D eigenvalue weighted by Crippen LogP contribution is -2.24. The topological polar surface area (TPSA) is 6.48 Å². The molecule has 0 spiro atoms. The summed E-state index contributed by atoms with van der Waals surface area (Å²) in [5, 5.41) is 13.1. The Kier molecular flexibility index (Phi) is 9.83. The monoisotopic (exact) mass is 868 g/mol. The third-order valence-corrected chi connectivity index (χ3v) is 14.4. The molecule has 0 N–H and O–H groups in total. The number of anilines is 4. The van der Waals surface area contributed by atoms with Crippen LogP contribution in [0.4, 0.5) is 22.7 Å². The Balaban J connectivity index is 0.801. The van der Waals surface area contributed by atoms with Crippen molar-refractivity contribution in [2.45, 2.75) is 25.7 Å². The number of fused-ring (bicyclic) bond motifs is 12. The van der Waals surface area contributed by atoms with Crippen LogP contribution in [0.5, 0.6) is 0 Å². The van der Waals surface area contributed by atoms with Crippen LogP contribution in [0.1, 0.15) is 30.4 Å². The number of rotatable bonds is 8. The second kappa shape index (κ2) is 16.8. The highest BCUT2D eigenvalue weighted by molar-refractivity contribution is 6.26. The maximum absolute atomic E-state index is 2.54. The van der Waals surface area contributed by atoms with Gasteiger partial charge >= 0.3 is 0 Å². The average Bonchev–Trinajstić information content (AvgIpc) is 3.42. The minimum atomic E-state index is 0.989. The molecule has 0 heterocycles. The van der Waals surface area contributed by atoms with Crippen molar-refractivity contribution in [2.24, 2.45) is 0 Å². The molecular formula is C66H48N2. The molecule has 11 aromatic rings. The molecule has 13 rings (SSSR count). The number of para-hydroxylation sites is 1. The Morgan fingerprint density at radius 3 is 1.28 bits per heavy atom. The fourth-order valence-corrected chi connectivity index (χ4v) is 11.2. The predicted octanol–water partition coefficient (Wildman–Crippen LogP) is 18.3. The highest BCUT2D eigenvalue weighted by Gasteiger charge is 2.24. The van der Waals surface area contributed by atoms with Crippen molar-refractivity contribution >= 4 is 82.7 Å². The van der Waals surface area contributed by atoms with Gasteiger partial charge in [0.2, 0.25) is 0 Å². The Bertz CT molecular complexity index is 3790. The third kappa shape index (κ3) is 6.88. The van der Waals surface area contributed by atoms with Crippen LogP contribution in [0.2, 0.25) is 0 Å². The molecule has 0 bridgehead atoms. The molecule has 0 aliphatic heterocycles. The molecule has 2 aliphatic rings. The van der Waals surface area contributed by atoms with Gasteiger partial charge < -0.3 is 9.80 Å². The van der Waals surface area contributed by atoms with Gasteiger partial charge in [-0.2, -0.15) is 0 Å². The summed E-state index contributed by atoms with van der Waals surface area (Å²) in [6.07, 6.45) is 13.4. The average molecular weight is 869 g/mol. The Morgan fingerprint density at radius 2 is 0.721 bits per heavy atom. The van der Waals surface area contributed by atoms with E-state index in [0.29, 0.717) is 0 Å². The SMILES string of the molecule is C1=CCCC(N(C2=Cc3c(c4ccccc4c4ccccc34)CC2)c2ccc(-c3ccc(-c4ccc(N(c5ccccc5)c5ccc6c7ccccc7c7ccccc7c6c5)cc4)cc3)cc2)=C1. The maximum atomic E-state index is 2.54. The molecule has 11 aromatic carbocycles. The van der Waals surface area contributed by atoms with Crippen LogP contribution < -0.4 is 9.80 Å². The third-order valence-electron chi connectivity index (χ3n) is 14.4. The lowest BCUT2D eigenvalue weighted by molar-refractivity contribution is 0.834. The first-order chi connectivity index (χ1) is 33.7. The Labute approximate surface area is 397 Å². The fraction of sp³-hybridized carbons (Fsp3) is 0.0606. The summed E-state index contributed by atoms with van der Waals surface area (Å²) >= 11 is 0. The van der Waals surface area contributed by atoms with Crippen LogP contribution in [0, 0.1) is 0 Å². The van der Waals surface area contributed by atoms with E-state index in [9.17, 15) is 0 Å². The highest BCUT2D eigenvalue weighted by Crippen LogP contribution is 2.44. The largest absolute Gasteiger partial charge is 0.318 e. The standard InChI is InChI=1S/C66H48N2/c1-3-15-49(16-4-1)67(53-39-41-63-59-23-9-7-19-55(59)57-21-11-13-25-61(57)65(63)43-53)51-35-31-47(32-36-51)45-27-29-46(30-28-45)48-33-37-52(38-34-48)68(50-17-5-2-6-18-50)54-40-42-64-60-24-10-8-20-56(60)58-22-12-14-26-62(58)66(64)44-54/h1-5,7-17,19-39,41,43-44H,6,18,40,42H2. The van der Waals surface area contributed by atoms with Gasteiger partial charge in [0.1, 0.15) is 0 Å². The molecule has 2 nitrogen and oxygen atoms in total. The van der Waals surface area contributed by atoms with Gasteiger partial charge in [0.05, 0.1) is 0 Å². The van der Waals surface area contributed by atoms with Gasteiger partial charge in [-0.25, -0.2) is 0 Å². The van der Waals surface area contributed by atoms with Crippen molar-refractivity contribution in [3.8, 4) is 22.3 Å². The Hall–Kier alpha value is -8.46. The van der Waals surface area contributed by atoms with Crippen molar-refractivity contribution in [3.63, 3.8) is 0 Å². The highest BCUT2D eigenvalue weighted by atomic mass is 15.2. The fourth-order valence-electron chi connectivity index (χ4n) is 11.2. The molecule has 0 fully saturated rings. The lowest BCUT2D eigenvalue weighted by Gasteiger charge is -2.34. The van der Waals surface area contributed by atoms with Crippen molar-refractivity contribution in [1.82, 2.24) is 0 Å². The molecule has 0 radical (unpaired) electrons. The molecule has 2 heteroatoms. The number of allylic oxidation sites excluding steroid dienone is 5. The summed E-state index contributed by atoms with van der Waals surface area (Å²) < 4.78 is 0. The first-order valence-electron chi connectivity index (χ1n) is 24.0. The van der Waals surface area contributed by atoms with E-state index in [0.717, 1.165) is 42.7 Å². The van der Waals surface area contributed by atoms with E-state index in [4.69, 9.17) is 0 Å². The number of benzene rings is 11. The minimum absolute atomic E-state index is 0.989. The molecule has 0 amide bonds. The summed E-state index contributed by atoms with van der Waals surface area (Å²) in [5.74, 6) is 0. The maximum Gasteiger partial charge on any atom is 0.0468 e. The van der Waals surface area contributed by atoms with E-state index in [1.807, 2.05) is 0 Å². The van der Waals surface area contributed by atoms with E-state index in [2.05, 4.69) is 252 Å². The van der Waals surface area contributed by atoms with Gasteiger partial charge in [-0.3, -0.25) is 0 Å². The number of nitrogens with zero attached hydrogens (tertiary/aromatic N) is 2. The van der Waals surface area contributed by atoms with Crippen LogP contribution >= 0.6 is 0 Å². The van der Waals surface area contributed by atoms with E-state index in [1.54, 1.807) is 0 Å².